The van der Waals surface area contributed by atoms with Crippen LogP contribution in [0.4, 0.5) is 18.9 Å². The van der Waals surface area contributed by atoms with Crippen molar-refractivity contribution in [3.63, 3.8) is 0 Å². The van der Waals surface area contributed by atoms with Gasteiger partial charge in [-0.1, -0.05) is 15.9 Å². The molecule has 5 rings (SSSR count). The third-order valence-electron chi connectivity index (χ3n) is 6.12. The molecule has 1 amide bonds. The number of carbonyl (C=O) groups is 1. The molecule has 194 valence electrons. The fraction of sp³-hybridized carbons (Fsp3) is 0.154. The summed E-state index contributed by atoms with van der Waals surface area (Å²) >= 11 is 3.39. The van der Waals surface area contributed by atoms with Gasteiger partial charge in [-0.3, -0.25) is 14.9 Å². The van der Waals surface area contributed by atoms with Crippen molar-refractivity contribution in [3.05, 3.63) is 110 Å². The van der Waals surface area contributed by atoms with Crippen LogP contribution in [0.25, 0.3) is 16.9 Å². The maximum Gasteiger partial charge on any atom is 0.275 e. The molecule has 1 aromatic heterocycles. The number of benzene rings is 3. The first-order valence-electron chi connectivity index (χ1n) is 11.4. The van der Waals surface area contributed by atoms with E-state index in [4.69, 9.17) is 4.74 Å². The van der Waals surface area contributed by atoms with Crippen LogP contribution in [0, 0.1) is 27.6 Å². The number of amides is 1. The van der Waals surface area contributed by atoms with E-state index in [9.17, 15) is 28.1 Å². The predicted octanol–water partition coefficient (Wildman–Crippen LogP) is 5.73. The number of nitrogens with zero attached hydrogens (tertiary/aromatic N) is 4. The first-order valence-corrected chi connectivity index (χ1v) is 12.2. The zero-order valence-electron chi connectivity index (χ0n) is 19.5. The highest BCUT2D eigenvalue weighted by atomic mass is 79.9. The van der Waals surface area contributed by atoms with Gasteiger partial charge in [0.2, 0.25) is 0 Å². The second-order valence-corrected chi connectivity index (χ2v) is 9.42. The fourth-order valence-corrected chi connectivity index (χ4v) is 4.51. The molecule has 0 bridgehead atoms. The van der Waals surface area contributed by atoms with Gasteiger partial charge >= 0.3 is 0 Å². The largest absolute Gasteiger partial charge is 0.344 e. The Bertz CT molecular complexity index is 1500. The number of halogens is 4. The number of hydrogen-bond acceptors (Lipinski definition) is 5. The van der Waals surface area contributed by atoms with Crippen molar-refractivity contribution in [1.82, 2.24) is 14.7 Å². The quantitative estimate of drug-likeness (QED) is 0.204. The molecule has 1 atom stereocenters. The van der Waals surface area contributed by atoms with Crippen LogP contribution in [0.1, 0.15) is 17.4 Å². The molecule has 1 unspecified atom stereocenters. The third kappa shape index (κ3) is 5.04. The van der Waals surface area contributed by atoms with E-state index >= 15 is 0 Å². The van der Waals surface area contributed by atoms with Gasteiger partial charge in [-0.15, -0.1) is 0 Å². The SMILES string of the molecule is O=C1COC(c2cn(-c3ccc(Br)cc3)nc2-c2ccc(F)cc2)N1CCc1c(F)cc([N+](=O)[O-])cc1F. The Morgan fingerprint density at radius 1 is 1.05 bits per heavy atom. The van der Waals surface area contributed by atoms with E-state index in [1.54, 1.807) is 23.0 Å². The van der Waals surface area contributed by atoms with Gasteiger partial charge in [0.1, 0.15) is 29.8 Å². The maximum absolute atomic E-state index is 14.5. The Balaban J connectivity index is 1.50. The second kappa shape index (κ2) is 10.4. The molecule has 2 heterocycles. The lowest BCUT2D eigenvalue weighted by Crippen LogP contribution is -2.31. The number of rotatable bonds is 7. The predicted molar refractivity (Wildman–Crippen MR) is 134 cm³/mol. The lowest BCUT2D eigenvalue weighted by Gasteiger charge is -2.23. The van der Waals surface area contributed by atoms with Gasteiger partial charge in [0.25, 0.3) is 11.6 Å². The minimum atomic E-state index is -1.07. The second-order valence-electron chi connectivity index (χ2n) is 8.51. The monoisotopic (exact) mass is 586 g/mol. The molecular formula is C26H18BrF3N4O4. The topological polar surface area (TPSA) is 90.5 Å². The molecule has 0 spiro atoms. The van der Waals surface area contributed by atoms with Crippen LogP contribution in [0.15, 0.2) is 71.3 Å². The molecule has 0 saturated carbocycles. The number of ether oxygens (including phenoxy) is 1. The van der Waals surface area contributed by atoms with E-state index in [-0.39, 0.29) is 25.1 Å². The first kappa shape index (κ1) is 25.6. The lowest BCUT2D eigenvalue weighted by atomic mass is 10.1. The number of carbonyl (C=O) groups excluding carboxylic acids is 1. The maximum atomic E-state index is 14.5. The number of nitro groups is 1. The molecule has 8 nitrogen and oxygen atoms in total. The zero-order valence-corrected chi connectivity index (χ0v) is 21.1. The Hall–Kier alpha value is -4.03. The van der Waals surface area contributed by atoms with Crippen molar-refractivity contribution in [2.24, 2.45) is 0 Å². The van der Waals surface area contributed by atoms with Crippen LogP contribution in [-0.2, 0) is 16.0 Å². The van der Waals surface area contributed by atoms with Gasteiger partial charge in [-0.05, 0) is 55.0 Å². The minimum Gasteiger partial charge on any atom is -0.344 e. The summed E-state index contributed by atoms with van der Waals surface area (Å²) in [6, 6.07) is 14.3. The van der Waals surface area contributed by atoms with Crippen molar-refractivity contribution in [2.45, 2.75) is 12.6 Å². The van der Waals surface area contributed by atoms with Gasteiger partial charge in [-0.2, -0.15) is 5.10 Å². The Morgan fingerprint density at radius 2 is 1.71 bits per heavy atom. The van der Waals surface area contributed by atoms with Gasteiger partial charge in [0.05, 0.1) is 22.7 Å². The molecule has 0 N–H and O–H groups in total. The summed E-state index contributed by atoms with van der Waals surface area (Å²) in [6.45, 7) is -0.385. The van der Waals surface area contributed by atoms with Crippen LogP contribution in [0.2, 0.25) is 0 Å². The number of non-ortho nitro benzene ring substituents is 1. The van der Waals surface area contributed by atoms with E-state index < -0.39 is 40.2 Å². The van der Waals surface area contributed by atoms with Gasteiger partial charge in [0.15, 0.2) is 6.23 Å². The molecule has 3 aromatic carbocycles. The molecule has 12 heteroatoms. The van der Waals surface area contributed by atoms with Crippen LogP contribution < -0.4 is 0 Å². The first-order chi connectivity index (χ1) is 18.2. The van der Waals surface area contributed by atoms with Crippen molar-refractivity contribution in [3.8, 4) is 16.9 Å². The highest BCUT2D eigenvalue weighted by Crippen LogP contribution is 2.36. The Labute approximate surface area is 222 Å². The van der Waals surface area contributed by atoms with E-state index in [2.05, 4.69) is 21.0 Å². The molecule has 0 aliphatic carbocycles. The van der Waals surface area contributed by atoms with Crippen molar-refractivity contribution in [1.29, 1.82) is 0 Å². The molecule has 1 saturated heterocycles. The summed E-state index contributed by atoms with van der Waals surface area (Å²) < 4.78 is 50.8. The Morgan fingerprint density at radius 3 is 2.34 bits per heavy atom. The minimum absolute atomic E-state index is 0.124. The van der Waals surface area contributed by atoms with E-state index in [0.717, 1.165) is 4.47 Å². The van der Waals surface area contributed by atoms with Crippen LogP contribution in [0.3, 0.4) is 0 Å². The molecule has 38 heavy (non-hydrogen) atoms. The number of hydrogen-bond donors (Lipinski definition) is 0. The standard InChI is InChI=1S/C26H18BrF3N4O4/c27-16-3-7-18(8-4-16)33-13-21(25(31-33)15-1-5-17(28)6-2-15)26-32(24(35)14-38-26)10-9-20-22(29)11-19(34(36)37)12-23(20)30/h1-8,11-13,26H,9-10,14H2. The summed E-state index contributed by atoms with van der Waals surface area (Å²) in [6.07, 6.45) is 0.509. The van der Waals surface area contributed by atoms with Crippen LogP contribution in [-0.4, -0.2) is 38.7 Å². The molecule has 1 fully saturated rings. The number of aromatic nitrogens is 2. The highest BCUT2D eigenvalue weighted by molar-refractivity contribution is 9.10. The van der Waals surface area contributed by atoms with Crippen LogP contribution in [0.5, 0.6) is 0 Å². The average Bonchev–Trinajstić information content (AvgIpc) is 3.48. The van der Waals surface area contributed by atoms with E-state index in [1.165, 1.54) is 17.0 Å². The summed E-state index contributed by atoms with van der Waals surface area (Å²) in [4.78, 5) is 24.1. The Kier molecular flexibility index (Phi) is 7.00. The van der Waals surface area contributed by atoms with Crippen molar-refractivity contribution >= 4 is 27.5 Å². The summed E-state index contributed by atoms with van der Waals surface area (Å²) in [5, 5.41) is 15.6. The molecule has 1 aliphatic rings. The molecule has 0 radical (unpaired) electrons. The van der Waals surface area contributed by atoms with Crippen molar-refractivity contribution in [2.75, 3.05) is 13.2 Å². The van der Waals surface area contributed by atoms with Gasteiger partial charge in [0, 0.05) is 33.9 Å². The molecular weight excluding hydrogens is 569 g/mol. The average molecular weight is 587 g/mol. The van der Waals surface area contributed by atoms with E-state index in [1.807, 2.05) is 24.3 Å². The smallest absolute Gasteiger partial charge is 0.275 e. The van der Waals surface area contributed by atoms with Crippen molar-refractivity contribution < 1.29 is 27.6 Å². The summed E-state index contributed by atoms with van der Waals surface area (Å²) in [5.41, 5.74) is 1.14. The fourth-order valence-electron chi connectivity index (χ4n) is 4.25. The molecule has 4 aromatic rings. The highest BCUT2D eigenvalue weighted by Gasteiger charge is 2.36. The summed E-state index contributed by atoms with van der Waals surface area (Å²) in [5.74, 6) is -2.98. The van der Waals surface area contributed by atoms with Crippen LogP contribution >= 0.6 is 15.9 Å². The normalized spacial score (nSPS) is 15.3. The number of nitro benzene ring substituents is 1. The van der Waals surface area contributed by atoms with Gasteiger partial charge < -0.3 is 9.64 Å². The molecule has 1 aliphatic heterocycles. The van der Waals surface area contributed by atoms with Gasteiger partial charge in [-0.25, -0.2) is 17.9 Å². The third-order valence-corrected chi connectivity index (χ3v) is 6.65. The van der Waals surface area contributed by atoms with E-state index in [0.29, 0.717) is 34.6 Å². The zero-order chi connectivity index (χ0) is 27.0. The summed E-state index contributed by atoms with van der Waals surface area (Å²) in [7, 11) is 0. The lowest BCUT2D eigenvalue weighted by molar-refractivity contribution is -0.385.